The third-order valence-electron chi connectivity index (χ3n) is 5.38. The summed E-state index contributed by atoms with van der Waals surface area (Å²) in [5.74, 6) is 0.217. The highest BCUT2D eigenvalue weighted by molar-refractivity contribution is 7.89. The number of sulfonamides is 1. The number of rotatable bonds is 6. The molecule has 1 saturated heterocycles. The molecule has 0 bridgehead atoms. The van der Waals surface area contributed by atoms with E-state index in [-0.39, 0.29) is 16.4 Å². The quantitative estimate of drug-likeness (QED) is 0.509. The van der Waals surface area contributed by atoms with E-state index in [1.54, 1.807) is 18.5 Å². The molecule has 3 aromatic rings. The smallest absolute Gasteiger partial charge is 0.349 e. The van der Waals surface area contributed by atoms with Crippen LogP contribution in [0.15, 0.2) is 58.9 Å². The van der Waals surface area contributed by atoms with E-state index in [2.05, 4.69) is 9.88 Å². The van der Waals surface area contributed by atoms with Gasteiger partial charge in [-0.2, -0.15) is 4.31 Å². The first-order valence-electron chi connectivity index (χ1n) is 10.4. The minimum atomic E-state index is -3.91. The fourth-order valence-electron chi connectivity index (χ4n) is 3.70. The van der Waals surface area contributed by atoms with Gasteiger partial charge >= 0.3 is 5.97 Å². The van der Waals surface area contributed by atoms with Crippen LogP contribution >= 0.6 is 11.3 Å². The number of anilines is 1. The number of carbonyl (C=O) groups excluding carboxylic acids is 1. The van der Waals surface area contributed by atoms with Crippen molar-refractivity contribution in [3.63, 3.8) is 0 Å². The molecule has 0 radical (unpaired) electrons. The summed E-state index contributed by atoms with van der Waals surface area (Å²) in [5, 5.41) is 1.73. The number of nitrogens with zero attached hydrogens (tertiary/aromatic N) is 3. The van der Waals surface area contributed by atoms with E-state index >= 15 is 0 Å². The van der Waals surface area contributed by atoms with E-state index in [9.17, 15) is 13.2 Å². The van der Waals surface area contributed by atoms with Crippen molar-refractivity contribution in [3.8, 4) is 11.1 Å². The summed E-state index contributed by atoms with van der Waals surface area (Å²) in [7, 11) is -3.91. The van der Waals surface area contributed by atoms with Gasteiger partial charge in [-0.25, -0.2) is 18.2 Å². The number of esters is 1. The van der Waals surface area contributed by atoms with Gasteiger partial charge in [0.2, 0.25) is 10.0 Å². The number of benzene rings is 1. The second-order valence-electron chi connectivity index (χ2n) is 7.47. The zero-order valence-corrected chi connectivity index (χ0v) is 19.7. The van der Waals surface area contributed by atoms with E-state index in [0.717, 1.165) is 28.3 Å². The van der Waals surface area contributed by atoms with Crippen LogP contribution in [0.1, 0.15) is 22.2 Å². The Labute approximate surface area is 192 Å². The standard InChI is InChI=1S/C23H25N3O4S2/c1-3-30-23(27)21-22(19(16-31-21)18-9-7-17(2)8-10-18)32(28,29)26-14-12-25(13-15-26)20-6-4-5-11-24-20/h4-11,16H,3,12-15H2,1-2H3. The Morgan fingerprint density at radius 2 is 1.81 bits per heavy atom. The minimum absolute atomic E-state index is 0.0380. The number of hydrogen-bond acceptors (Lipinski definition) is 7. The fraction of sp³-hybridized carbons (Fsp3) is 0.304. The molecule has 7 nitrogen and oxygen atoms in total. The Balaban J connectivity index is 1.68. The van der Waals surface area contributed by atoms with Gasteiger partial charge in [0.1, 0.15) is 15.6 Å². The Morgan fingerprint density at radius 3 is 2.44 bits per heavy atom. The predicted molar refractivity (Wildman–Crippen MR) is 126 cm³/mol. The lowest BCUT2D eigenvalue weighted by Gasteiger charge is -2.34. The van der Waals surface area contributed by atoms with Gasteiger partial charge in [-0.05, 0) is 31.5 Å². The fourth-order valence-corrected chi connectivity index (χ4v) is 6.77. The van der Waals surface area contributed by atoms with Crippen molar-refractivity contribution in [2.24, 2.45) is 0 Å². The molecule has 0 atom stereocenters. The number of aryl methyl sites for hydroxylation is 1. The molecule has 0 N–H and O–H groups in total. The van der Waals surface area contributed by atoms with Crippen LogP contribution in [0.3, 0.4) is 0 Å². The Hall–Kier alpha value is -2.75. The average Bonchev–Trinajstić information content (AvgIpc) is 3.27. The van der Waals surface area contributed by atoms with Gasteiger partial charge in [0.05, 0.1) is 6.61 Å². The van der Waals surface area contributed by atoms with Gasteiger partial charge in [-0.15, -0.1) is 11.3 Å². The van der Waals surface area contributed by atoms with E-state index in [1.165, 1.54) is 4.31 Å². The predicted octanol–water partition coefficient (Wildman–Crippen LogP) is 3.81. The SMILES string of the molecule is CCOC(=O)c1scc(-c2ccc(C)cc2)c1S(=O)(=O)N1CCN(c2ccccn2)CC1. The molecule has 1 fully saturated rings. The molecule has 2 aromatic heterocycles. The number of thiophene rings is 1. The third-order valence-corrected chi connectivity index (χ3v) is 8.45. The first-order chi connectivity index (χ1) is 15.4. The van der Waals surface area contributed by atoms with Crippen LogP contribution in [0.4, 0.5) is 5.82 Å². The van der Waals surface area contributed by atoms with Crippen LogP contribution < -0.4 is 4.90 Å². The van der Waals surface area contributed by atoms with Crippen molar-refractivity contribution in [1.82, 2.24) is 9.29 Å². The van der Waals surface area contributed by atoms with Crippen molar-refractivity contribution in [2.75, 3.05) is 37.7 Å². The molecule has 4 rings (SSSR count). The normalized spacial score (nSPS) is 15.0. The Bertz CT molecular complexity index is 1180. The average molecular weight is 472 g/mol. The maximum atomic E-state index is 13.8. The summed E-state index contributed by atoms with van der Waals surface area (Å²) < 4.78 is 34.2. The summed E-state index contributed by atoms with van der Waals surface area (Å²) in [4.78, 5) is 19.2. The molecule has 1 aromatic carbocycles. The molecule has 1 aliphatic rings. The van der Waals surface area contributed by atoms with Gasteiger partial charge in [0.25, 0.3) is 0 Å². The van der Waals surface area contributed by atoms with Crippen molar-refractivity contribution < 1.29 is 17.9 Å². The van der Waals surface area contributed by atoms with E-state index in [4.69, 9.17) is 4.74 Å². The lowest BCUT2D eigenvalue weighted by molar-refractivity contribution is 0.0528. The molecule has 0 aliphatic carbocycles. The molecule has 0 spiro atoms. The lowest BCUT2D eigenvalue weighted by atomic mass is 10.1. The van der Waals surface area contributed by atoms with Gasteiger partial charge in [-0.1, -0.05) is 35.9 Å². The second-order valence-corrected chi connectivity index (χ2v) is 10.2. The number of pyridine rings is 1. The van der Waals surface area contributed by atoms with Crippen LogP contribution in [0.2, 0.25) is 0 Å². The number of aromatic nitrogens is 1. The van der Waals surface area contributed by atoms with Crippen molar-refractivity contribution >= 4 is 33.1 Å². The van der Waals surface area contributed by atoms with Gasteiger partial charge in [0, 0.05) is 43.3 Å². The molecule has 3 heterocycles. The molecule has 0 saturated carbocycles. The van der Waals surface area contributed by atoms with Crippen molar-refractivity contribution in [1.29, 1.82) is 0 Å². The summed E-state index contributed by atoms with van der Waals surface area (Å²) >= 11 is 1.11. The number of ether oxygens (including phenoxy) is 1. The zero-order chi connectivity index (χ0) is 22.7. The zero-order valence-electron chi connectivity index (χ0n) is 18.0. The second kappa shape index (κ2) is 9.40. The molecule has 168 valence electrons. The maximum absolute atomic E-state index is 13.8. The first-order valence-corrected chi connectivity index (χ1v) is 12.8. The van der Waals surface area contributed by atoms with Crippen molar-refractivity contribution in [3.05, 3.63) is 64.5 Å². The van der Waals surface area contributed by atoms with Gasteiger partial charge in [0.15, 0.2) is 0 Å². The topological polar surface area (TPSA) is 79.8 Å². The van der Waals surface area contributed by atoms with Crippen LogP contribution in [0, 0.1) is 6.92 Å². The van der Waals surface area contributed by atoms with Gasteiger partial charge in [-0.3, -0.25) is 0 Å². The number of hydrogen-bond donors (Lipinski definition) is 0. The van der Waals surface area contributed by atoms with Crippen LogP contribution in [0.5, 0.6) is 0 Å². The summed E-state index contributed by atoms with van der Waals surface area (Å²) in [6.07, 6.45) is 1.73. The largest absolute Gasteiger partial charge is 0.462 e. The highest BCUT2D eigenvalue weighted by atomic mass is 32.2. The molecular weight excluding hydrogens is 446 g/mol. The Morgan fingerprint density at radius 1 is 1.09 bits per heavy atom. The summed E-state index contributed by atoms with van der Waals surface area (Å²) in [6.45, 7) is 5.52. The Kier molecular flexibility index (Phi) is 6.59. The minimum Gasteiger partial charge on any atom is -0.462 e. The van der Waals surface area contributed by atoms with Crippen LogP contribution in [-0.4, -0.2) is 56.5 Å². The summed E-state index contributed by atoms with van der Waals surface area (Å²) in [6, 6.07) is 13.3. The monoisotopic (exact) mass is 471 g/mol. The highest BCUT2D eigenvalue weighted by Gasteiger charge is 2.36. The molecular formula is C23H25N3O4S2. The van der Waals surface area contributed by atoms with E-state index in [1.807, 2.05) is 49.4 Å². The first kappa shape index (κ1) is 22.4. The van der Waals surface area contributed by atoms with Crippen molar-refractivity contribution in [2.45, 2.75) is 18.7 Å². The molecule has 32 heavy (non-hydrogen) atoms. The lowest BCUT2D eigenvalue weighted by Crippen LogP contribution is -2.49. The molecule has 0 unspecified atom stereocenters. The van der Waals surface area contributed by atoms with E-state index in [0.29, 0.717) is 31.7 Å². The highest BCUT2D eigenvalue weighted by Crippen LogP contribution is 2.38. The van der Waals surface area contributed by atoms with Crippen LogP contribution in [0.25, 0.3) is 11.1 Å². The summed E-state index contributed by atoms with van der Waals surface area (Å²) in [5.41, 5.74) is 2.36. The number of piperazine rings is 1. The number of carbonyl (C=O) groups is 1. The van der Waals surface area contributed by atoms with Gasteiger partial charge < -0.3 is 9.64 Å². The van der Waals surface area contributed by atoms with Crippen LogP contribution in [-0.2, 0) is 14.8 Å². The maximum Gasteiger partial charge on any atom is 0.349 e. The molecule has 9 heteroatoms. The molecule has 1 aliphatic heterocycles. The third kappa shape index (κ3) is 4.41. The molecule has 0 amide bonds. The van der Waals surface area contributed by atoms with E-state index < -0.39 is 16.0 Å².